The van der Waals surface area contributed by atoms with Crippen LogP contribution in [-0.4, -0.2) is 17.1 Å². The second-order valence-corrected chi connectivity index (χ2v) is 9.78. The maximum absolute atomic E-state index is 13.7. The minimum Gasteiger partial charge on any atom is -0.465 e. The summed E-state index contributed by atoms with van der Waals surface area (Å²) in [5.41, 5.74) is 3.40. The van der Waals surface area contributed by atoms with Crippen LogP contribution in [0.1, 0.15) is 55.2 Å². The van der Waals surface area contributed by atoms with Crippen LogP contribution < -0.4 is 14.9 Å². The molecule has 0 spiro atoms. The van der Waals surface area contributed by atoms with Crippen molar-refractivity contribution < 1.29 is 13.9 Å². The van der Waals surface area contributed by atoms with Crippen molar-refractivity contribution in [3.05, 3.63) is 121 Å². The maximum atomic E-state index is 13.7. The minimum atomic E-state index is -0.685. The highest BCUT2D eigenvalue weighted by Crippen LogP contribution is 2.35. The normalized spacial score (nSPS) is 15.7. The second-order valence-electron chi connectivity index (χ2n) is 8.77. The minimum absolute atomic E-state index is 0.215. The van der Waals surface area contributed by atoms with Crippen molar-refractivity contribution in [2.75, 3.05) is 6.61 Å². The number of fused-ring (bicyclic) bond motifs is 1. The number of hydrogen-bond acceptors (Lipinski definition) is 6. The number of carbonyl (C=O) groups excluding carboxylic acids is 1. The molecule has 0 amide bonds. The predicted molar refractivity (Wildman–Crippen MR) is 140 cm³/mol. The first-order valence-electron chi connectivity index (χ1n) is 11.9. The molecule has 0 bridgehead atoms. The number of esters is 1. The van der Waals surface area contributed by atoms with E-state index in [0.29, 0.717) is 32.3 Å². The highest BCUT2D eigenvalue weighted by molar-refractivity contribution is 7.07. The van der Waals surface area contributed by atoms with Gasteiger partial charge in [-0.3, -0.25) is 9.36 Å². The zero-order valence-corrected chi connectivity index (χ0v) is 21.1. The topological polar surface area (TPSA) is 73.8 Å². The molecule has 5 rings (SSSR count). The summed E-state index contributed by atoms with van der Waals surface area (Å²) in [5, 5.41) is 0. The summed E-state index contributed by atoms with van der Waals surface area (Å²) in [6, 6.07) is 20.5. The van der Waals surface area contributed by atoms with Crippen molar-refractivity contribution in [3.8, 4) is 0 Å². The molecular weight excluding hydrogens is 472 g/mol. The molecule has 1 aliphatic heterocycles. The standard InChI is InChI=1S/C29H26N2O4S/c1-4-34-28(33)24-25(20-9-6-5-7-10-20)30-29-31(26(24)21-14-12-19(13-15-21)18(2)3)27(32)23(36-29)17-22-11-8-16-35-22/h5-18,26H,4H2,1-3H3/b23-17-/t26-/m0/s1. The third kappa shape index (κ3) is 4.38. The first kappa shape index (κ1) is 23.8. The largest absolute Gasteiger partial charge is 0.465 e. The van der Waals surface area contributed by atoms with Gasteiger partial charge >= 0.3 is 5.97 Å². The zero-order chi connectivity index (χ0) is 25.2. The van der Waals surface area contributed by atoms with Crippen molar-refractivity contribution in [1.29, 1.82) is 0 Å². The van der Waals surface area contributed by atoms with Crippen LogP contribution in [-0.2, 0) is 9.53 Å². The van der Waals surface area contributed by atoms with Gasteiger partial charge in [-0.15, -0.1) is 0 Å². The lowest BCUT2D eigenvalue weighted by Gasteiger charge is -2.26. The molecule has 0 N–H and O–H groups in total. The van der Waals surface area contributed by atoms with Crippen molar-refractivity contribution in [2.24, 2.45) is 4.99 Å². The molecule has 0 saturated carbocycles. The number of thiazole rings is 1. The van der Waals surface area contributed by atoms with Gasteiger partial charge in [0.05, 0.1) is 34.7 Å². The van der Waals surface area contributed by atoms with Crippen LogP contribution in [0.3, 0.4) is 0 Å². The molecule has 0 aliphatic carbocycles. The van der Waals surface area contributed by atoms with Crippen LogP contribution in [0.25, 0.3) is 11.8 Å². The van der Waals surface area contributed by atoms with E-state index in [0.717, 1.165) is 11.1 Å². The molecule has 182 valence electrons. The van der Waals surface area contributed by atoms with Crippen LogP contribution in [0.15, 0.2) is 92.8 Å². The van der Waals surface area contributed by atoms with E-state index >= 15 is 0 Å². The van der Waals surface area contributed by atoms with Gasteiger partial charge in [0.2, 0.25) is 0 Å². The van der Waals surface area contributed by atoms with E-state index in [1.54, 1.807) is 36.0 Å². The van der Waals surface area contributed by atoms with Crippen LogP contribution in [0.2, 0.25) is 0 Å². The molecule has 1 atom stereocenters. The monoisotopic (exact) mass is 498 g/mol. The van der Waals surface area contributed by atoms with Gasteiger partial charge < -0.3 is 9.15 Å². The van der Waals surface area contributed by atoms with E-state index in [-0.39, 0.29) is 12.2 Å². The molecule has 0 saturated heterocycles. The Balaban J connectivity index is 1.82. The van der Waals surface area contributed by atoms with Gasteiger partial charge in [0.25, 0.3) is 5.56 Å². The van der Waals surface area contributed by atoms with Crippen molar-refractivity contribution >= 4 is 29.1 Å². The van der Waals surface area contributed by atoms with Gasteiger partial charge in [-0.25, -0.2) is 9.79 Å². The molecule has 3 heterocycles. The van der Waals surface area contributed by atoms with Crippen molar-refractivity contribution in [2.45, 2.75) is 32.7 Å². The van der Waals surface area contributed by atoms with Crippen LogP contribution >= 0.6 is 11.3 Å². The number of rotatable bonds is 6. The fourth-order valence-electron chi connectivity index (χ4n) is 4.32. The highest BCUT2D eigenvalue weighted by atomic mass is 32.1. The van der Waals surface area contributed by atoms with Crippen LogP contribution in [0.4, 0.5) is 0 Å². The van der Waals surface area contributed by atoms with E-state index < -0.39 is 12.0 Å². The third-order valence-corrected chi connectivity index (χ3v) is 7.09. The van der Waals surface area contributed by atoms with Gasteiger partial charge in [0, 0.05) is 11.6 Å². The molecule has 0 unspecified atom stereocenters. The van der Waals surface area contributed by atoms with Gasteiger partial charge in [0.1, 0.15) is 5.76 Å². The van der Waals surface area contributed by atoms with Crippen molar-refractivity contribution in [3.63, 3.8) is 0 Å². The molecule has 0 fully saturated rings. The van der Waals surface area contributed by atoms with E-state index in [1.807, 2.05) is 54.6 Å². The number of aromatic nitrogens is 1. The third-order valence-electron chi connectivity index (χ3n) is 6.11. The summed E-state index contributed by atoms with van der Waals surface area (Å²) in [5.74, 6) is 0.443. The lowest BCUT2D eigenvalue weighted by Crippen LogP contribution is -2.40. The molecular formula is C29H26N2O4S. The number of furan rings is 1. The summed E-state index contributed by atoms with van der Waals surface area (Å²) in [4.78, 5) is 32.5. The Labute approximate surface area is 212 Å². The Kier molecular flexibility index (Phi) is 6.57. The van der Waals surface area contributed by atoms with Gasteiger partial charge in [0.15, 0.2) is 4.80 Å². The molecule has 7 heteroatoms. The average molecular weight is 499 g/mol. The zero-order valence-electron chi connectivity index (χ0n) is 20.3. The number of ether oxygens (including phenoxy) is 1. The first-order valence-corrected chi connectivity index (χ1v) is 12.7. The SMILES string of the molecule is CCOC(=O)C1=C(c2ccccc2)N=c2s/c(=C\c3ccco3)c(=O)n2[C@H]1c1ccc(C(C)C)cc1. The van der Waals surface area contributed by atoms with E-state index in [9.17, 15) is 9.59 Å². The molecule has 36 heavy (non-hydrogen) atoms. The molecule has 0 radical (unpaired) electrons. The maximum Gasteiger partial charge on any atom is 0.338 e. The van der Waals surface area contributed by atoms with E-state index in [4.69, 9.17) is 14.1 Å². The Bertz CT molecular complexity index is 1590. The van der Waals surface area contributed by atoms with Crippen LogP contribution in [0, 0.1) is 0 Å². The quantitative estimate of drug-likeness (QED) is 0.363. The molecule has 2 aromatic heterocycles. The summed E-state index contributed by atoms with van der Waals surface area (Å²) >= 11 is 1.27. The highest BCUT2D eigenvalue weighted by Gasteiger charge is 2.35. The molecule has 2 aromatic carbocycles. The average Bonchev–Trinajstić information content (AvgIpc) is 3.51. The summed E-state index contributed by atoms with van der Waals surface area (Å²) in [6.07, 6.45) is 3.27. The summed E-state index contributed by atoms with van der Waals surface area (Å²) in [7, 11) is 0. The van der Waals surface area contributed by atoms with Gasteiger partial charge in [-0.1, -0.05) is 79.8 Å². The fraction of sp³-hybridized carbons (Fsp3) is 0.207. The summed E-state index contributed by atoms with van der Waals surface area (Å²) in [6.45, 7) is 6.24. The number of nitrogens with zero attached hydrogens (tertiary/aromatic N) is 2. The molecule has 1 aliphatic rings. The van der Waals surface area contributed by atoms with Gasteiger partial charge in [-0.05, 0) is 36.1 Å². The van der Waals surface area contributed by atoms with Gasteiger partial charge in [-0.2, -0.15) is 0 Å². The lowest BCUT2D eigenvalue weighted by molar-refractivity contribution is -0.138. The number of benzene rings is 2. The Hall–Kier alpha value is -3.97. The predicted octanol–water partition coefficient (Wildman–Crippen LogP) is 4.65. The first-order chi connectivity index (χ1) is 17.5. The Morgan fingerprint density at radius 3 is 2.50 bits per heavy atom. The molecule has 6 nitrogen and oxygen atoms in total. The Morgan fingerprint density at radius 1 is 1.11 bits per heavy atom. The smallest absolute Gasteiger partial charge is 0.338 e. The Morgan fingerprint density at radius 2 is 1.86 bits per heavy atom. The lowest BCUT2D eigenvalue weighted by atomic mass is 9.91. The number of carbonyl (C=O) groups is 1. The summed E-state index contributed by atoms with van der Waals surface area (Å²) < 4.78 is 13.0. The van der Waals surface area contributed by atoms with Crippen LogP contribution in [0.5, 0.6) is 0 Å². The van der Waals surface area contributed by atoms with E-state index in [1.165, 1.54) is 16.9 Å². The van der Waals surface area contributed by atoms with E-state index in [2.05, 4.69) is 13.8 Å². The molecule has 4 aromatic rings. The second kappa shape index (κ2) is 9.95. The van der Waals surface area contributed by atoms with Crippen molar-refractivity contribution in [1.82, 2.24) is 4.57 Å². The fourth-order valence-corrected chi connectivity index (χ4v) is 5.30. The number of hydrogen-bond donors (Lipinski definition) is 0.